The van der Waals surface area contributed by atoms with Crippen LogP contribution in [0.15, 0.2) is 16.8 Å². The van der Waals surface area contributed by atoms with Gasteiger partial charge in [-0.3, -0.25) is 19.2 Å². The molecule has 3 fully saturated rings. The van der Waals surface area contributed by atoms with Gasteiger partial charge in [0.25, 0.3) is 0 Å². The maximum Gasteiger partial charge on any atom is 0.244 e. The second-order valence-corrected chi connectivity index (χ2v) is 10.7. The Morgan fingerprint density at radius 3 is 2.59 bits per heavy atom. The van der Waals surface area contributed by atoms with Crippen molar-refractivity contribution < 1.29 is 14.0 Å². The van der Waals surface area contributed by atoms with Gasteiger partial charge in [-0.1, -0.05) is 13.8 Å². The minimum atomic E-state index is -0.0701. The molecule has 10 nitrogen and oxygen atoms in total. The van der Waals surface area contributed by atoms with Crippen molar-refractivity contribution >= 4 is 11.8 Å². The van der Waals surface area contributed by atoms with E-state index >= 15 is 0 Å². The fourth-order valence-corrected chi connectivity index (χ4v) is 5.24. The summed E-state index contributed by atoms with van der Waals surface area (Å²) in [7, 11) is 0. The summed E-state index contributed by atoms with van der Waals surface area (Å²) in [5.74, 6) is 1.57. The Balaban J connectivity index is 1.25. The van der Waals surface area contributed by atoms with Gasteiger partial charge in [0.15, 0.2) is 0 Å². The zero-order valence-electron chi connectivity index (χ0n) is 20.4. The van der Waals surface area contributed by atoms with Crippen LogP contribution >= 0.6 is 0 Å². The molecule has 34 heavy (non-hydrogen) atoms. The van der Waals surface area contributed by atoms with Crippen molar-refractivity contribution in [3.63, 3.8) is 0 Å². The SMILES string of the molecule is Cc1cnn(CC(=O)N2CCC3(CC2)CC(c2nnc(C(C)C)o2)N(CC(=O)NC2CC2)C3)c1. The summed E-state index contributed by atoms with van der Waals surface area (Å²) in [6, 6.07) is 0.269. The van der Waals surface area contributed by atoms with Crippen molar-refractivity contribution in [1.82, 2.24) is 35.1 Å². The van der Waals surface area contributed by atoms with Crippen LogP contribution in [-0.4, -0.2) is 73.8 Å². The number of piperidine rings is 1. The van der Waals surface area contributed by atoms with E-state index in [9.17, 15) is 9.59 Å². The first-order valence-electron chi connectivity index (χ1n) is 12.4. The lowest BCUT2D eigenvalue weighted by molar-refractivity contribution is -0.134. The first-order valence-corrected chi connectivity index (χ1v) is 12.4. The molecule has 1 unspecified atom stereocenters. The Hall–Kier alpha value is -2.75. The molecule has 3 aliphatic rings. The number of aryl methyl sites for hydroxylation is 1. The number of rotatable bonds is 7. The van der Waals surface area contributed by atoms with Gasteiger partial charge >= 0.3 is 0 Å². The van der Waals surface area contributed by atoms with Crippen LogP contribution in [0.3, 0.4) is 0 Å². The highest BCUT2D eigenvalue weighted by atomic mass is 16.4. The van der Waals surface area contributed by atoms with Crippen molar-refractivity contribution in [1.29, 1.82) is 0 Å². The number of carbonyl (C=O) groups is 2. The van der Waals surface area contributed by atoms with E-state index in [-0.39, 0.29) is 35.7 Å². The van der Waals surface area contributed by atoms with E-state index in [0.29, 0.717) is 24.4 Å². The quantitative estimate of drug-likeness (QED) is 0.661. The molecule has 184 valence electrons. The number of aromatic nitrogens is 4. The number of likely N-dealkylation sites (tertiary alicyclic amines) is 2. The summed E-state index contributed by atoms with van der Waals surface area (Å²) in [6.45, 7) is 8.89. The molecule has 10 heteroatoms. The van der Waals surface area contributed by atoms with Gasteiger partial charge in [-0.05, 0) is 50.0 Å². The Bertz CT molecular complexity index is 1030. The maximum atomic E-state index is 12.8. The molecule has 0 bridgehead atoms. The topological polar surface area (TPSA) is 109 Å². The normalized spacial score (nSPS) is 22.6. The molecule has 2 aliphatic heterocycles. The van der Waals surface area contributed by atoms with Gasteiger partial charge in [-0.2, -0.15) is 5.10 Å². The lowest BCUT2D eigenvalue weighted by Gasteiger charge is -2.39. The third-order valence-corrected chi connectivity index (χ3v) is 7.37. The highest BCUT2D eigenvalue weighted by molar-refractivity contribution is 5.78. The number of carbonyl (C=O) groups excluding carboxylic acids is 2. The molecule has 1 N–H and O–H groups in total. The average Bonchev–Trinajstić information content (AvgIpc) is 3.17. The van der Waals surface area contributed by atoms with Crippen molar-refractivity contribution in [3.05, 3.63) is 29.7 Å². The standard InChI is InChI=1S/C24H35N7O3/c1-16(2)22-27-28-23(34-22)19-10-24(15-30(19)13-20(32)26-18-4-5-18)6-8-29(9-7-24)21(33)14-31-12-17(3)11-25-31/h11-12,16,18-19H,4-10,13-15H2,1-3H3,(H,26,32). The van der Waals surface area contributed by atoms with Crippen LogP contribution in [0.25, 0.3) is 0 Å². The molecule has 5 rings (SSSR count). The van der Waals surface area contributed by atoms with Gasteiger partial charge in [0.2, 0.25) is 23.6 Å². The minimum Gasteiger partial charge on any atom is -0.423 e. The van der Waals surface area contributed by atoms with E-state index < -0.39 is 0 Å². The molecule has 2 aromatic heterocycles. The molecule has 4 heterocycles. The fraction of sp³-hybridized carbons (Fsp3) is 0.708. The molecule has 1 aliphatic carbocycles. The maximum absolute atomic E-state index is 12.8. The summed E-state index contributed by atoms with van der Waals surface area (Å²) in [4.78, 5) is 29.6. The van der Waals surface area contributed by atoms with E-state index in [1.807, 2.05) is 31.9 Å². The summed E-state index contributed by atoms with van der Waals surface area (Å²) in [5.41, 5.74) is 1.09. The molecule has 0 aromatic carbocycles. The van der Waals surface area contributed by atoms with Gasteiger partial charge < -0.3 is 14.6 Å². The van der Waals surface area contributed by atoms with Crippen LogP contribution in [0.1, 0.15) is 75.3 Å². The second kappa shape index (κ2) is 9.13. The van der Waals surface area contributed by atoms with E-state index in [1.54, 1.807) is 10.9 Å². The molecular weight excluding hydrogens is 434 g/mol. The molecule has 2 saturated heterocycles. The summed E-state index contributed by atoms with van der Waals surface area (Å²) in [5, 5.41) is 15.9. The zero-order chi connectivity index (χ0) is 23.9. The lowest BCUT2D eigenvalue weighted by atomic mass is 9.76. The largest absolute Gasteiger partial charge is 0.423 e. The molecule has 2 aromatic rings. The predicted octanol–water partition coefficient (Wildman–Crippen LogP) is 2.03. The molecule has 2 amide bonds. The highest BCUT2D eigenvalue weighted by Gasteiger charge is 2.48. The summed E-state index contributed by atoms with van der Waals surface area (Å²) >= 11 is 0. The first-order chi connectivity index (χ1) is 16.3. The zero-order valence-corrected chi connectivity index (χ0v) is 20.4. The van der Waals surface area contributed by atoms with E-state index in [4.69, 9.17) is 4.42 Å². The van der Waals surface area contributed by atoms with Crippen LogP contribution in [0.5, 0.6) is 0 Å². The molecule has 0 radical (unpaired) electrons. The number of amides is 2. The smallest absolute Gasteiger partial charge is 0.244 e. The van der Waals surface area contributed by atoms with Gasteiger partial charge in [0.05, 0.1) is 18.8 Å². The van der Waals surface area contributed by atoms with Crippen LogP contribution in [0.4, 0.5) is 0 Å². The van der Waals surface area contributed by atoms with Crippen molar-refractivity contribution in [2.75, 3.05) is 26.2 Å². The minimum absolute atomic E-state index is 0.0378. The van der Waals surface area contributed by atoms with Crippen molar-refractivity contribution in [2.24, 2.45) is 5.41 Å². The number of hydrogen-bond donors (Lipinski definition) is 1. The second-order valence-electron chi connectivity index (χ2n) is 10.7. The molecule has 1 atom stereocenters. The van der Waals surface area contributed by atoms with Gasteiger partial charge in [0.1, 0.15) is 6.54 Å². The Morgan fingerprint density at radius 1 is 1.21 bits per heavy atom. The number of nitrogens with one attached hydrogen (secondary N) is 1. The Kier molecular flexibility index (Phi) is 6.18. The third kappa shape index (κ3) is 5.01. The lowest BCUT2D eigenvalue weighted by Crippen LogP contribution is -2.46. The molecular formula is C24H35N7O3. The van der Waals surface area contributed by atoms with Gasteiger partial charge in [0, 0.05) is 37.8 Å². The van der Waals surface area contributed by atoms with Crippen LogP contribution < -0.4 is 5.32 Å². The van der Waals surface area contributed by atoms with E-state index in [2.05, 4.69) is 25.5 Å². The average molecular weight is 470 g/mol. The molecule has 1 spiro atoms. The number of nitrogens with zero attached hydrogens (tertiary/aromatic N) is 6. The van der Waals surface area contributed by atoms with Crippen molar-refractivity contribution in [3.8, 4) is 0 Å². The van der Waals surface area contributed by atoms with E-state index in [0.717, 1.165) is 57.3 Å². The number of hydrogen-bond acceptors (Lipinski definition) is 7. The third-order valence-electron chi connectivity index (χ3n) is 7.37. The fourth-order valence-electron chi connectivity index (χ4n) is 5.24. The van der Waals surface area contributed by atoms with Crippen LogP contribution in [0.2, 0.25) is 0 Å². The summed E-state index contributed by atoms with van der Waals surface area (Å²) < 4.78 is 7.73. The summed E-state index contributed by atoms with van der Waals surface area (Å²) in [6.07, 6.45) is 8.48. The predicted molar refractivity (Wildman–Crippen MR) is 124 cm³/mol. The van der Waals surface area contributed by atoms with E-state index in [1.165, 1.54) is 0 Å². The Labute approximate surface area is 200 Å². The monoisotopic (exact) mass is 469 g/mol. The van der Waals surface area contributed by atoms with Gasteiger partial charge in [-0.25, -0.2) is 0 Å². The first kappa shape index (κ1) is 23.0. The Morgan fingerprint density at radius 2 is 1.97 bits per heavy atom. The molecule has 1 saturated carbocycles. The van der Waals surface area contributed by atoms with Crippen LogP contribution in [0, 0.1) is 12.3 Å². The van der Waals surface area contributed by atoms with Crippen LogP contribution in [-0.2, 0) is 16.1 Å². The van der Waals surface area contributed by atoms with Crippen molar-refractivity contribution in [2.45, 2.75) is 77.4 Å². The highest BCUT2D eigenvalue weighted by Crippen LogP contribution is 2.48. The van der Waals surface area contributed by atoms with Gasteiger partial charge in [-0.15, -0.1) is 10.2 Å².